The van der Waals surface area contributed by atoms with E-state index in [1.54, 1.807) is 0 Å². The van der Waals surface area contributed by atoms with Crippen molar-refractivity contribution in [1.82, 2.24) is 29.6 Å². The maximum atomic E-state index is 12.5. The molecule has 1 N–H and O–H groups in total. The van der Waals surface area contributed by atoms with Crippen molar-refractivity contribution in [1.29, 1.82) is 0 Å². The Morgan fingerprint density at radius 3 is 2.59 bits per heavy atom. The highest BCUT2D eigenvalue weighted by atomic mass is 16.2. The number of nitrogens with zero attached hydrogens (tertiary/aromatic N) is 8. The number of carbonyl (C=O) groups is 1. The van der Waals surface area contributed by atoms with Gasteiger partial charge < -0.3 is 20.0 Å². The molecular weight excluding hydrogens is 466 g/mol. The van der Waals surface area contributed by atoms with E-state index in [1.165, 1.54) is 0 Å². The van der Waals surface area contributed by atoms with Gasteiger partial charge in [-0.2, -0.15) is 15.1 Å². The highest BCUT2D eigenvalue weighted by molar-refractivity contribution is 5.81. The monoisotopic (exact) mass is 501 g/mol. The fourth-order valence-electron chi connectivity index (χ4n) is 4.99. The Hall–Kier alpha value is -3.87. The van der Waals surface area contributed by atoms with Crippen LogP contribution < -0.4 is 15.1 Å². The van der Waals surface area contributed by atoms with Crippen molar-refractivity contribution < 1.29 is 4.79 Å². The van der Waals surface area contributed by atoms with Crippen molar-refractivity contribution in [2.24, 2.45) is 0 Å². The van der Waals surface area contributed by atoms with Crippen LogP contribution in [0.4, 0.5) is 23.4 Å². The summed E-state index contributed by atoms with van der Waals surface area (Å²) in [6, 6.07) is 4.28. The first-order chi connectivity index (χ1) is 18.0. The van der Waals surface area contributed by atoms with Gasteiger partial charge in [-0.05, 0) is 33.1 Å². The quantitative estimate of drug-likeness (QED) is 0.491. The molecule has 0 saturated carbocycles. The number of fused-ring (bicyclic) bond motifs is 1. The maximum absolute atomic E-state index is 12.5. The first-order valence-electron chi connectivity index (χ1n) is 13.2. The van der Waals surface area contributed by atoms with Gasteiger partial charge in [0.1, 0.15) is 17.5 Å². The van der Waals surface area contributed by atoms with Crippen LogP contribution in [-0.2, 0) is 4.79 Å². The molecule has 2 aliphatic rings. The largest absolute Gasteiger partial charge is 0.356 e. The number of rotatable bonds is 7. The highest BCUT2D eigenvalue weighted by Crippen LogP contribution is 2.27. The Bertz CT molecular complexity index is 1290. The average Bonchev–Trinajstić information content (AvgIpc) is 3.52. The number of pyridine rings is 1. The lowest BCUT2D eigenvalue weighted by Gasteiger charge is -2.24. The van der Waals surface area contributed by atoms with E-state index in [2.05, 4.69) is 45.0 Å². The lowest BCUT2D eigenvalue weighted by atomic mass is 10.2. The molecule has 3 aromatic heterocycles. The molecule has 0 aliphatic carbocycles. The molecule has 0 atom stereocenters. The Morgan fingerprint density at radius 2 is 1.81 bits per heavy atom. The summed E-state index contributed by atoms with van der Waals surface area (Å²) in [6.07, 6.45) is 13.1. The molecular formula is C27H35N9O. The average molecular weight is 502 g/mol. The molecule has 5 heterocycles. The predicted octanol–water partition coefficient (Wildman–Crippen LogP) is 3.60. The summed E-state index contributed by atoms with van der Waals surface area (Å²) in [6.45, 7) is 9.05. The van der Waals surface area contributed by atoms with E-state index in [-0.39, 0.29) is 11.9 Å². The van der Waals surface area contributed by atoms with Crippen LogP contribution in [0.1, 0.15) is 52.0 Å². The Kier molecular flexibility index (Phi) is 7.40. The minimum Gasteiger partial charge on any atom is -0.356 e. The van der Waals surface area contributed by atoms with Crippen molar-refractivity contribution in [3.05, 3.63) is 24.5 Å². The summed E-state index contributed by atoms with van der Waals surface area (Å²) in [4.78, 5) is 33.4. The van der Waals surface area contributed by atoms with Crippen molar-refractivity contribution in [3.63, 3.8) is 0 Å². The van der Waals surface area contributed by atoms with E-state index < -0.39 is 0 Å². The van der Waals surface area contributed by atoms with Crippen molar-refractivity contribution in [2.45, 2.75) is 52.0 Å². The van der Waals surface area contributed by atoms with Crippen LogP contribution >= 0.6 is 0 Å². The summed E-state index contributed by atoms with van der Waals surface area (Å²) in [5.41, 5.74) is 1.03. The van der Waals surface area contributed by atoms with E-state index in [9.17, 15) is 4.79 Å². The molecule has 0 bridgehead atoms. The molecule has 0 spiro atoms. The predicted molar refractivity (Wildman–Crippen MR) is 146 cm³/mol. The van der Waals surface area contributed by atoms with E-state index in [0.717, 1.165) is 62.2 Å². The van der Waals surface area contributed by atoms with E-state index in [4.69, 9.17) is 16.4 Å². The number of hydrogen-bond donors (Lipinski definition) is 1. The summed E-state index contributed by atoms with van der Waals surface area (Å²) < 4.78 is 2.00. The van der Waals surface area contributed by atoms with Crippen molar-refractivity contribution >= 4 is 40.2 Å². The molecule has 1 amide bonds. The van der Waals surface area contributed by atoms with Gasteiger partial charge in [-0.3, -0.25) is 9.48 Å². The third kappa shape index (κ3) is 5.61. The van der Waals surface area contributed by atoms with Gasteiger partial charge in [-0.15, -0.1) is 12.3 Å². The molecule has 0 radical (unpaired) electrons. The van der Waals surface area contributed by atoms with Crippen LogP contribution in [0.5, 0.6) is 0 Å². The normalized spacial score (nSPS) is 16.3. The third-order valence-electron chi connectivity index (χ3n) is 6.97. The summed E-state index contributed by atoms with van der Waals surface area (Å²) in [5, 5.41) is 8.93. The molecule has 194 valence electrons. The maximum Gasteiger partial charge on any atom is 0.229 e. The minimum absolute atomic E-state index is 0.121. The molecule has 37 heavy (non-hydrogen) atoms. The van der Waals surface area contributed by atoms with Crippen molar-refractivity contribution in [3.8, 4) is 12.3 Å². The second-order valence-electron chi connectivity index (χ2n) is 9.97. The van der Waals surface area contributed by atoms with Gasteiger partial charge in [0.05, 0.1) is 11.7 Å². The summed E-state index contributed by atoms with van der Waals surface area (Å²) in [5.74, 6) is 5.71. The number of aromatic nitrogens is 5. The molecule has 2 fully saturated rings. The summed E-state index contributed by atoms with van der Waals surface area (Å²) >= 11 is 0. The lowest BCUT2D eigenvalue weighted by molar-refractivity contribution is -0.130. The van der Waals surface area contributed by atoms with Gasteiger partial charge in [0.15, 0.2) is 0 Å². The van der Waals surface area contributed by atoms with Crippen molar-refractivity contribution in [2.75, 3.05) is 54.4 Å². The molecule has 0 unspecified atom stereocenters. The molecule has 10 heteroatoms. The van der Waals surface area contributed by atoms with Crippen LogP contribution in [0, 0.1) is 12.3 Å². The molecule has 10 nitrogen and oxygen atoms in total. The SMILES string of the molecule is C#CCCC(=O)N1CCCN(c2nc(Nc3cc4c(cn3)cnn4C(C)C)cc(N3CCCC3)n2)CC1. The van der Waals surface area contributed by atoms with E-state index in [1.807, 2.05) is 34.1 Å². The van der Waals surface area contributed by atoms with Gasteiger partial charge in [0, 0.05) is 81.9 Å². The fourth-order valence-corrected chi connectivity index (χ4v) is 4.99. The Balaban J connectivity index is 1.40. The van der Waals surface area contributed by atoms with Crippen LogP contribution in [0.2, 0.25) is 0 Å². The van der Waals surface area contributed by atoms with E-state index >= 15 is 0 Å². The Morgan fingerprint density at radius 1 is 1.00 bits per heavy atom. The lowest BCUT2D eigenvalue weighted by Crippen LogP contribution is -2.35. The minimum atomic E-state index is 0.121. The number of terminal acetylenes is 1. The molecule has 2 aliphatic heterocycles. The van der Waals surface area contributed by atoms with Crippen LogP contribution in [0.25, 0.3) is 10.9 Å². The van der Waals surface area contributed by atoms with Crippen LogP contribution in [-0.4, -0.2) is 74.8 Å². The fraction of sp³-hybridized carbons (Fsp3) is 0.519. The van der Waals surface area contributed by atoms with Gasteiger partial charge in [-0.1, -0.05) is 0 Å². The third-order valence-corrected chi connectivity index (χ3v) is 6.97. The molecule has 0 aromatic carbocycles. The first-order valence-corrected chi connectivity index (χ1v) is 13.2. The standard InChI is InChI=1S/C27H35N9O/c1-4-5-9-26(37)34-12-8-13-35(15-14-34)27-31-24(17-25(32-27)33-10-6-7-11-33)30-23-16-22-21(18-28-23)19-29-36(22)20(2)3/h1,16-20H,5-15H2,2-3H3,(H,28,30,31,32). The van der Waals surface area contributed by atoms with Crippen LogP contribution in [0.15, 0.2) is 24.5 Å². The number of carbonyl (C=O) groups excluding carboxylic acids is 1. The van der Waals surface area contributed by atoms with E-state index in [0.29, 0.717) is 43.5 Å². The number of anilines is 4. The second-order valence-corrected chi connectivity index (χ2v) is 9.97. The number of amides is 1. The zero-order chi connectivity index (χ0) is 25.8. The number of nitrogens with one attached hydrogen (secondary N) is 1. The molecule has 5 rings (SSSR count). The molecule has 2 saturated heterocycles. The number of hydrogen-bond acceptors (Lipinski definition) is 8. The van der Waals surface area contributed by atoms with Gasteiger partial charge in [0.2, 0.25) is 11.9 Å². The van der Waals surface area contributed by atoms with Crippen LogP contribution in [0.3, 0.4) is 0 Å². The highest BCUT2D eigenvalue weighted by Gasteiger charge is 2.23. The second kappa shape index (κ2) is 11.0. The van der Waals surface area contributed by atoms with Gasteiger partial charge in [0.25, 0.3) is 0 Å². The smallest absolute Gasteiger partial charge is 0.229 e. The zero-order valence-electron chi connectivity index (χ0n) is 21.7. The Labute approximate surface area is 218 Å². The summed E-state index contributed by atoms with van der Waals surface area (Å²) in [7, 11) is 0. The van der Waals surface area contributed by atoms with Gasteiger partial charge >= 0.3 is 0 Å². The topological polar surface area (TPSA) is 95.3 Å². The zero-order valence-corrected chi connectivity index (χ0v) is 21.7. The van der Waals surface area contributed by atoms with Gasteiger partial charge in [-0.25, -0.2) is 4.98 Å². The molecule has 3 aromatic rings. The first kappa shape index (κ1) is 24.8.